The maximum absolute atomic E-state index is 12.3. The van der Waals surface area contributed by atoms with E-state index in [0.717, 1.165) is 37.6 Å². The number of anilines is 1. The first kappa shape index (κ1) is 16.7. The van der Waals surface area contributed by atoms with E-state index in [0.29, 0.717) is 19.5 Å². The topological polar surface area (TPSA) is 78.4 Å². The lowest BCUT2D eigenvalue weighted by Crippen LogP contribution is -2.33. The maximum atomic E-state index is 12.3. The lowest BCUT2D eigenvalue weighted by molar-refractivity contribution is -0.130. The second-order valence-electron chi connectivity index (χ2n) is 6.46. The summed E-state index contributed by atoms with van der Waals surface area (Å²) in [5.41, 5.74) is 0.854. The first-order chi connectivity index (χ1) is 11.6. The van der Waals surface area contributed by atoms with Crippen molar-refractivity contribution in [3.05, 3.63) is 18.0 Å². The van der Waals surface area contributed by atoms with Crippen LogP contribution in [0.1, 0.15) is 37.8 Å². The summed E-state index contributed by atoms with van der Waals surface area (Å²) in [6.07, 6.45) is 4.55. The Bertz CT molecular complexity index is 615. The van der Waals surface area contributed by atoms with Crippen molar-refractivity contribution < 1.29 is 9.59 Å². The van der Waals surface area contributed by atoms with Crippen molar-refractivity contribution >= 4 is 17.8 Å². The Hall–Kier alpha value is -2.18. The van der Waals surface area contributed by atoms with Crippen molar-refractivity contribution in [2.75, 3.05) is 38.1 Å². The van der Waals surface area contributed by atoms with E-state index in [2.05, 4.69) is 15.2 Å². The molecule has 1 N–H and O–H groups in total. The first-order valence-corrected chi connectivity index (χ1v) is 8.71. The molecule has 0 spiro atoms. The van der Waals surface area contributed by atoms with E-state index in [4.69, 9.17) is 4.98 Å². The van der Waals surface area contributed by atoms with Gasteiger partial charge < -0.3 is 15.1 Å². The number of amides is 2. The smallest absolute Gasteiger partial charge is 0.225 e. The summed E-state index contributed by atoms with van der Waals surface area (Å²) in [4.78, 5) is 37.4. The Morgan fingerprint density at radius 2 is 2.04 bits per heavy atom. The highest BCUT2D eigenvalue weighted by Crippen LogP contribution is 2.33. The van der Waals surface area contributed by atoms with Gasteiger partial charge in [-0.25, -0.2) is 9.97 Å². The molecule has 0 bridgehead atoms. The minimum Gasteiger partial charge on any atom is -0.359 e. The van der Waals surface area contributed by atoms with Gasteiger partial charge in [0, 0.05) is 51.8 Å². The Morgan fingerprint density at radius 3 is 2.71 bits per heavy atom. The molecule has 1 aromatic rings. The molecule has 1 aromatic heterocycles. The van der Waals surface area contributed by atoms with Gasteiger partial charge in [-0.3, -0.25) is 9.59 Å². The minimum atomic E-state index is -0.258. The zero-order valence-corrected chi connectivity index (χ0v) is 14.4. The average Bonchev–Trinajstić information content (AvgIpc) is 3.30. The lowest BCUT2D eigenvalue weighted by Gasteiger charge is -2.19. The van der Waals surface area contributed by atoms with Crippen LogP contribution in [0.4, 0.5) is 5.95 Å². The zero-order valence-electron chi connectivity index (χ0n) is 14.4. The number of nitrogens with one attached hydrogen (secondary N) is 1. The molecule has 0 aromatic carbocycles. The fraction of sp³-hybridized carbons (Fsp3) is 0.647. The molecule has 3 rings (SSSR count). The maximum Gasteiger partial charge on any atom is 0.225 e. The van der Waals surface area contributed by atoms with Gasteiger partial charge in [0.1, 0.15) is 0 Å². The van der Waals surface area contributed by atoms with E-state index < -0.39 is 0 Å². The predicted molar refractivity (Wildman–Crippen MR) is 90.6 cm³/mol. The Morgan fingerprint density at radius 1 is 1.29 bits per heavy atom. The van der Waals surface area contributed by atoms with Crippen LogP contribution in [-0.4, -0.2) is 59.9 Å². The van der Waals surface area contributed by atoms with E-state index in [1.54, 1.807) is 18.1 Å². The van der Waals surface area contributed by atoms with Crippen LogP contribution in [0.25, 0.3) is 0 Å². The number of nitrogens with zero attached hydrogens (tertiary/aromatic N) is 4. The minimum absolute atomic E-state index is 0.0345. The van der Waals surface area contributed by atoms with Crippen molar-refractivity contribution in [1.82, 2.24) is 20.2 Å². The quantitative estimate of drug-likeness (QED) is 0.882. The number of aromatic nitrogens is 2. The average molecular weight is 331 g/mol. The van der Waals surface area contributed by atoms with Crippen molar-refractivity contribution in [2.24, 2.45) is 5.92 Å². The molecule has 3 heterocycles. The molecule has 0 aliphatic carbocycles. The third kappa shape index (κ3) is 3.20. The summed E-state index contributed by atoms with van der Waals surface area (Å²) in [6.45, 7) is 4.81. The number of carbonyl (C=O) groups is 2. The highest BCUT2D eigenvalue weighted by atomic mass is 16.2. The summed E-state index contributed by atoms with van der Waals surface area (Å²) >= 11 is 0. The van der Waals surface area contributed by atoms with Crippen LogP contribution in [0, 0.1) is 5.92 Å². The highest BCUT2D eigenvalue weighted by molar-refractivity contribution is 5.83. The molecule has 2 fully saturated rings. The van der Waals surface area contributed by atoms with Gasteiger partial charge in [0.2, 0.25) is 17.8 Å². The molecule has 2 atom stereocenters. The third-order valence-electron chi connectivity index (χ3n) is 4.99. The number of hydrogen-bond donors (Lipinski definition) is 1. The lowest BCUT2D eigenvalue weighted by atomic mass is 9.92. The van der Waals surface area contributed by atoms with Crippen molar-refractivity contribution in [1.29, 1.82) is 0 Å². The van der Waals surface area contributed by atoms with E-state index in [9.17, 15) is 9.59 Å². The standard InChI is InChI=1S/C17H25N5O2/c1-3-15(23)22-10-12(13(11-22)16(24)18-2)14-6-7-19-17(20-14)21-8-4-5-9-21/h6-7,12-13H,3-5,8-11H2,1-2H3,(H,18,24)/t12-,13-/m1/s1. The summed E-state index contributed by atoms with van der Waals surface area (Å²) in [7, 11) is 1.64. The van der Waals surface area contributed by atoms with Gasteiger partial charge in [-0.15, -0.1) is 0 Å². The van der Waals surface area contributed by atoms with Crippen molar-refractivity contribution in [3.8, 4) is 0 Å². The van der Waals surface area contributed by atoms with Gasteiger partial charge in [-0.05, 0) is 18.9 Å². The van der Waals surface area contributed by atoms with E-state index in [1.807, 2.05) is 13.0 Å². The summed E-state index contributed by atoms with van der Waals surface area (Å²) < 4.78 is 0. The van der Waals surface area contributed by atoms with Gasteiger partial charge in [-0.2, -0.15) is 0 Å². The number of hydrogen-bond acceptors (Lipinski definition) is 5. The second kappa shape index (κ2) is 7.15. The summed E-state index contributed by atoms with van der Waals surface area (Å²) in [5.74, 6) is 0.450. The fourth-order valence-electron chi connectivity index (χ4n) is 3.62. The van der Waals surface area contributed by atoms with Crippen LogP contribution in [0.3, 0.4) is 0 Å². The zero-order chi connectivity index (χ0) is 17.1. The predicted octanol–water partition coefficient (Wildman–Crippen LogP) is 0.775. The molecule has 0 radical (unpaired) electrons. The Labute approximate surface area is 142 Å². The molecule has 7 heteroatoms. The monoisotopic (exact) mass is 331 g/mol. The largest absolute Gasteiger partial charge is 0.359 e. The number of likely N-dealkylation sites (tertiary alicyclic amines) is 1. The molecular formula is C17H25N5O2. The first-order valence-electron chi connectivity index (χ1n) is 8.71. The van der Waals surface area contributed by atoms with Crippen LogP contribution in [-0.2, 0) is 9.59 Å². The van der Waals surface area contributed by atoms with Gasteiger partial charge in [0.05, 0.1) is 11.6 Å². The SMILES string of the molecule is CCC(=O)N1C[C@@H](C(=O)NC)[C@H](c2ccnc(N3CCCC3)n2)C1. The molecule has 0 saturated carbocycles. The Kier molecular flexibility index (Phi) is 4.97. The molecule has 2 aliphatic heterocycles. The molecule has 2 amide bonds. The summed E-state index contributed by atoms with van der Waals surface area (Å²) in [6, 6.07) is 1.88. The molecule has 2 aliphatic rings. The van der Waals surface area contributed by atoms with Crippen molar-refractivity contribution in [2.45, 2.75) is 32.1 Å². The molecule has 24 heavy (non-hydrogen) atoms. The number of carbonyl (C=O) groups excluding carboxylic acids is 2. The molecule has 130 valence electrons. The van der Waals surface area contributed by atoms with Gasteiger partial charge in [-0.1, -0.05) is 6.92 Å². The Balaban J connectivity index is 1.86. The van der Waals surface area contributed by atoms with Crippen LogP contribution >= 0.6 is 0 Å². The second-order valence-corrected chi connectivity index (χ2v) is 6.46. The molecule has 7 nitrogen and oxygen atoms in total. The summed E-state index contributed by atoms with van der Waals surface area (Å²) in [5, 5.41) is 2.72. The van der Waals surface area contributed by atoms with Gasteiger partial charge in [0.15, 0.2) is 0 Å². The number of rotatable bonds is 4. The van der Waals surface area contributed by atoms with Crippen LogP contribution in [0.2, 0.25) is 0 Å². The fourth-order valence-corrected chi connectivity index (χ4v) is 3.62. The van der Waals surface area contributed by atoms with Gasteiger partial charge >= 0.3 is 0 Å². The molecular weight excluding hydrogens is 306 g/mol. The van der Waals surface area contributed by atoms with Crippen LogP contribution in [0.15, 0.2) is 12.3 Å². The molecule has 2 saturated heterocycles. The van der Waals surface area contributed by atoms with Crippen LogP contribution < -0.4 is 10.2 Å². The molecule has 0 unspecified atom stereocenters. The van der Waals surface area contributed by atoms with E-state index >= 15 is 0 Å². The normalized spacial score (nSPS) is 23.6. The van der Waals surface area contributed by atoms with Crippen molar-refractivity contribution in [3.63, 3.8) is 0 Å². The van der Waals surface area contributed by atoms with E-state index in [1.165, 1.54) is 0 Å². The van der Waals surface area contributed by atoms with Crippen LogP contribution in [0.5, 0.6) is 0 Å². The highest BCUT2D eigenvalue weighted by Gasteiger charge is 2.40. The van der Waals surface area contributed by atoms with Gasteiger partial charge in [0.25, 0.3) is 0 Å². The third-order valence-corrected chi connectivity index (χ3v) is 4.99. The van der Waals surface area contributed by atoms with E-state index in [-0.39, 0.29) is 23.7 Å².